The highest BCUT2D eigenvalue weighted by Crippen LogP contribution is 2.33. The van der Waals surface area contributed by atoms with Gasteiger partial charge in [0.1, 0.15) is 6.04 Å². The molecule has 1 aromatic rings. The van der Waals surface area contributed by atoms with Gasteiger partial charge in [-0.3, -0.25) is 14.5 Å². The molecule has 1 unspecified atom stereocenters. The van der Waals surface area contributed by atoms with E-state index < -0.39 is 23.7 Å². The van der Waals surface area contributed by atoms with E-state index in [0.29, 0.717) is 5.69 Å². The first-order valence-corrected chi connectivity index (χ1v) is 6.82. The second-order valence-electron chi connectivity index (χ2n) is 4.69. The number of Topliss-reactive ketones (excluding diaryl/α,β-unsaturated/α-hetero) is 1. The number of benzene rings is 1. The number of anilines is 1. The first-order valence-electron chi connectivity index (χ1n) is 5.75. The highest BCUT2D eigenvalue weighted by Gasteiger charge is 2.43. The molecule has 0 fully saturated rings. The van der Waals surface area contributed by atoms with Gasteiger partial charge in [0.15, 0.2) is 0 Å². The van der Waals surface area contributed by atoms with Crippen molar-refractivity contribution in [2.45, 2.75) is 19.9 Å². The fraction of sp³-hybridized carbons (Fsp3) is 0.308. The summed E-state index contributed by atoms with van der Waals surface area (Å²) in [5.41, 5.74) is 0.667. The zero-order chi connectivity index (χ0) is 14.3. The number of hydrogen-bond donors (Lipinski definition) is 1. The van der Waals surface area contributed by atoms with Gasteiger partial charge in [0.25, 0.3) is 11.7 Å². The lowest BCUT2D eigenvalue weighted by atomic mass is 10.0. The van der Waals surface area contributed by atoms with Gasteiger partial charge in [-0.15, -0.1) is 0 Å². The van der Waals surface area contributed by atoms with Gasteiger partial charge in [-0.25, -0.2) is 4.79 Å². The van der Waals surface area contributed by atoms with Crippen LogP contribution in [-0.4, -0.2) is 28.8 Å². The lowest BCUT2D eigenvalue weighted by Gasteiger charge is -2.27. The van der Waals surface area contributed by atoms with E-state index in [1.807, 2.05) is 22.6 Å². The number of carboxylic acids is 1. The molecule has 6 heteroatoms. The maximum Gasteiger partial charge on any atom is 0.327 e. The lowest BCUT2D eigenvalue weighted by molar-refractivity contribution is -0.140. The molecular weight excluding hydrogens is 361 g/mol. The van der Waals surface area contributed by atoms with E-state index in [2.05, 4.69) is 0 Å². The Labute approximate surface area is 123 Å². The molecule has 1 heterocycles. The average Bonchev–Trinajstić information content (AvgIpc) is 2.54. The summed E-state index contributed by atoms with van der Waals surface area (Å²) in [6, 6.07) is 3.95. The minimum absolute atomic E-state index is 0.281. The summed E-state index contributed by atoms with van der Waals surface area (Å²) in [5, 5.41) is 9.28. The lowest BCUT2D eigenvalue weighted by Crippen LogP contribution is -2.47. The van der Waals surface area contributed by atoms with Gasteiger partial charge in [0.05, 0.1) is 11.3 Å². The molecule has 0 spiro atoms. The molecule has 1 aromatic carbocycles. The van der Waals surface area contributed by atoms with Crippen molar-refractivity contribution in [3.05, 3.63) is 27.3 Å². The SMILES string of the molecule is CC(C)C(C(=O)O)N1C(=O)C(=O)c2cc(I)ccc21. The van der Waals surface area contributed by atoms with Gasteiger partial charge in [-0.2, -0.15) is 0 Å². The van der Waals surface area contributed by atoms with E-state index in [1.54, 1.807) is 32.0 Å². The number of carbonyl (C=O) groups excluding carboxylic acids is 2. The number of ketones is 1. The molecule has 2 rings (SSSR count). The predicted octanol–water partition coefficient (Wildman–Crippen LogP) is 1.93. The van der Waals surface area contributed by atoms with Crippen LogP contribution in [-0.2, 0) is 9.59 Å². The number of carbonyl (C=O) groups is 3. The normalized spacial score (nSPS) is 15.9. The average molecular weight is 373 g/mol. The molecule has 1 amide bonds. The first kappa shape index (κ1) is 14.0. The second-order valence-corrected chi connectivity index (χ2v) is 5.94. The van der Waals surface area contributed by atoms with Gasteiger partial charge >= 0.3 is 5.97 Å². The van der Waals surface area contributed by atoms with Crippen LogP contribution in [0.2, 0.25) is 0 Å². The summed E-state index contributed by atoms with van der Waals surface area (Å²) in [7, 11) is 0. The third kappa shape index (κ3) is 2.24. The molecule has 0 radical (unpaired) electrons. The van der Waals surface area contributed by atoms with Crippen LogP contribution >= 0.6 is 22.6 Å². The van der Waals surface area contributed by atoms with Crippen molar-refractivity contribution < 1.29 is 19.5 Å². The molecule has 0 aliphatic carbocycles. The standard InChI is InChI=1S/C13H12INO4/c1-6(2)10(13(18)19)15-9-4-3-7(14)5-8(9)11(16)12(15)17/h3-6,10H,1-2H3,(H,18,19). The fourth-order valence-electron chi connectivity index (χ4n) is 2.20. The smallest absolute Gasteiger partial charge is 0.327 e. The number of rotatable bonds is 3. The van der Waals surface area contributed by atoms with Crippen molar-refractivity contribution >= 4 is 45.9 Å². The highest BCUT2D eigenvalue weighted by atomic mass is 127. The van der Waals surface area contributed by atoms with Crippen molar-refractivity contribution in [2.75, 3.05) is 4.90 Å². The zero-order valence-corrected chi connectivity index (χ0v) is 12.5. The van der Waals surface area contributed by atoms with Crippen LogP contribution in [0.1, 0.15) is 24.2 Å². The molecule has 0 saturated carbocycles. The van der Waals surface area contributed by atoms with Gasteiger partial charge < -0.3 is 5.11 Å². The summed E-state index contributed by atoms with van der Waals surface area (Å²) >= 11 is 2.04. The third-order valence-electron chi connectivity index (χ3n) is 3.04. The summed E-state index contributed by atoms with van der Waals surface area (Å²) in [6.45, 7) is 3.42. The molecular formula is C13H12INO4. The Morgan fingerprint density at radius 2 is 1.95 bits per heavy atom. The Morgan fingerprint density at radius 1 is 1.32 bits per heavy atom. The van der Waals surface area contributed by atoms with Crippen LogP contribution in [0.3, 0.4) is 0 Å². The number of amides is 1. The van der Waals surface area contributed by atoms with Gasteiger partial charge in [0.2, 0.25) is 0 Å². The number of carboxylic acid groups (broad SMARTS) is 1. The molecule has 0 aromatic heterocycles. The third-order valence-corrected chi connectivity index (χ3v) is 3.71. The van der Waals surface area contributed by atoms with Crippen LogP contribution in [0, 0.1) is 9.49 Å². The Morgan fingerprint density at radius 3 is 2.47 bits per heavy atom. The van der Waals surface area contributed by atoms with Gasteiger partial charge in [-0.05, 0) is 46.7 Å². The van der Waals surface area contributed by atoms with Crippen molar-refractivity contribution in [3.8, 4) is 0 Å². The molecule has 1 aliphatic rings. The van der Waals surface area contributed by atoms with Crippen molar-refractivity contribution in [1.82, 2.24) is 0 Å². The maximum atomic E-state index is 12.0. The largest absolute Gasteiger partial charge is 0.480 e. The Hall–Kier alpha value is -1.44. The van der Waals surface area contributed by atoms with Crippen LogP contribution in [0.15, 0.2) is 18.2 Å². The van der Waals surface area contributed by atoms with E-state index in [9.17, 15) is 19.5 Å². The molecule has 19 heavy (non-hydrogen) atoms. The molecule has 1 atom stereocenters. The van der Waals surface area contributed by atoms with Crippen molar-refractivity contribution in [3.63, 3.8) is 0 Å². The van der Waals surface area contributed by atoms with Gasteiger partial charge in [-0.1, -0.05) is 13.8 Å². The first-order chi connectivity index (χ1) is 8.84. The minimum atomic E-state index is -1.11. The summed E-state index contributed by atoms with van der Waals surface area (Å²) in [6.07, 6.45) is 0. The quantitative estimate of drug-likeness (QED) is 0.649. The predicted molar refractivity (Wildman–Crippen MR) is 77.2 cm³/mol. The number of halogens is 1. The van der Waals surface area contributed by atoms with Crippen molar-refractivity contribution in [2.24, 2.45) is 5.92 Å². The van der Waals surface area contributed by atoms with Crippen molar-refractivity contribution in [1.29, 1.82) is 0 Å². The van der Waals surface area contributed by atoms with E-state index in [-0.39, 0.29) is 11.5 Å². The summed E-state index contributed by atoms with van der Waals surface area (Å²) in [5.74, 6) is -2.81. The van der Waals surface area contributed by atoms with E-state index >= 15 is 0 Å². The number of aliphatic carboxylic acids is 1. The Balaban J connectivity index is 2.57. The molecule has 0 bridgehead atoms. The van der Waals surface area contributed by atoms with Crippen LogP contribution in [0.4, 0.5) is 5.69 Å². The van der Waals surface area contributed by atoms with Crippen LogP contribution in [0.25, 0.3) is 0 Å². The molecule has 1 aliphatic heterocycles. The van der Waals surface area contributed by atoms with E-state index in [4.69, 9.17) is 0 Å². The fourth-order valence-corrected chi connectivity index (χ4v) is 2.70. The number of hydrogen-bond acceptors (Lipinski definition) is 3. The second kappa shape index (κ2) is 4.92. The number of nitrogens with zero attached hydrogens (tertiary/aromatic N) is 1. The maximum absolute atomic E-state index is 12.0. The zero-order valence-electron chi connectivity index (χ0n) is 10.4. The van der Waals surface area contributed by atoms with E-state index in [0.717, 1.165) is 8.47 Å². The summed E-state index contributed by atoms with van der Waals surface area (Å²) in [4.78, 5) is 36.4. The number of fused-ring (bicyclic) bond motifs is 1. The van der Waals surface area contributed by atoms with Crippen LogP contribution < -0.4 is 4.90 Å². The molecule has 5 nitrogen and oxygen atoms in total. The monoisotopic (exact) mass is 373 g/mol. The Kier molecular flexibility index (Phi) is 3.62. The molecule has 100 valence electrons. The Bertz CT molecular complexity index is 582. The molecule has 1 N–H and O–H groups in total. The van der Waals surface area contributed by atoms with Crippen LogP contribution in [0.5, 0.6) is 0 Å². The topological polar surface area (TPSA) is 74.7 Å². The van der Waals surface area contributed by atoms with E-state index in [1.165, 1.54) is 0 Å². The highest BCUT2D eigenvalue weighted by molar-refractivity contribution is 14.1. The van der Waals surface area contributed by atoms with Gasteiger partial charge in [0, 0.05) is 3.57 Å². The molecule has 0 saturated heterocycles. The minimum Gasteiger partial charge on any atom is -0.480 e. The summed E-state index contributed by atoms with van der Waals surface area (Å²) < 4.78 is 0.829.